The van der Waals surface area contributed by atoms with E-state index in [2.05, 4.69) is 4.28 Å². The summed E-state index contributed by atoms with van der Waals surface area (Å²) in [4.78, 5) is 0. The first-order valence-corrected chi connectivity index (χ1v) is 7.70. The van der Waals surface area contributed by atoms with Crippen LogP contribution < -0.4 is 4.28 Å². The molecular weight excluding hydrogens is 312 g/mol. The van der Waals surface area contributed by atoms with E-state index < -0.39 is 33.7 Å². The van der Waals surface area contributed by atoms with Crippen LogP contribution in [0.4, 0.5) is 8.78 Å². The van der Waals surface area contributed by atoms with Gasteiger partial charge in [0.1, 0.15) is 6.61 Å². The fraction of sp³-hybridized carbons (Fsp3) is 0.636. The Balaban J connectivity index is 2.03. The van der Waals surface area contributed by atoms with Gasteiger partial charge < -0.3 is 15.3 Å². The third-order valence-electron chi connectivity index (χ3n) is 4.13. The lowest BCUT2D eigenvalue weighted by Gasteiger charge is -2.15. The Morgan fingerprint density at radius 1 is 1.19 bits per heavy atom. The van der Waals surface area contributed by atoms with Gasteiger partial charge in [-0.3, -0.25) is 4.28 Å². The highest BCUT2D eigenvalue weighted by Gasteiger charge is 2.50. The van der Waals surface area contributed by atoms with Gasteiger partial charge in [0.05, 0.1) is 0 Å². The van der Waals surface area contributed by atoms with Crippen molar-refractivity contribution in [1.29, 1.82) is 0 Å². The summed E-state index contributed by atoms with van der Waals surface area (Å²) in [5, 5.41) is 23.8. The van der Waals surface area contributed by atoms with Gasteiger partial charge in [0.25, 0.3) is 0 Å². The van der Waals surface area contributed by atoms with Crippen molar-refractivity contribution in [3.8, 4) is 11.8 Å². The molecule has 0 radical (unpaired) electrons. The van der Waals surface area contributed by atoms with Crippen LogP contribution >= 0.6 is 0 Å². The van der Waals surface area contributed by atoms with Gasteiger partial charge in [-0.2, -0.15) is 17.2 Å². The van der Waals surface area contributed by atoms with Crippen LogP contribution in [0.15, 0.2) is 0 Å². The van der Waals surface area contributed by atoms with Gasteiger partial charge in [-0.15, -0.1) is 0 Å². The molecule has 1 heterocycles. The van der Waals surface area contributed by atoms with Crippen LogP contribution in [0.3, 0.4) is 0 Å². The van der Waals surface area contributed by atoms with Crippen LogP contribution in [0.2, 0.25) is 0 Å². The highest BCUT2D eigenvalue weighted by molar-refractivity contribution is 7.88. The Morgan fingerprint density at radius 2 is 1.67 bits per heavy atom. The number of aliphatic hydroxyl groups is 1. The maximum absolute atomic E-state index is 13.1. The van der Waals surface area contributed by atoms with Gasteiger partial charge in [-0.25, -0.2) is 0 Å². The van der Waals surface area contributed by atoms with Gasteiger partial charge in [-0.05, 0) is 31.1 Å². The number of aliphatic hydroxyl groups excluding tert-OH is 1. The Labute approximate surface area is 118 Å². The highest BCUT2D eigenvalue weighted by atomic mass is 32.2. The van der Waals surface area contributed by atoms with Crippen molar-refractivity contribution in [3.05, 3.63) is 11.1 Å². The molecule has 3 N–H and O–H groups in total. The van der Waals surface area contributed by atoms with E-state index in [0.717, 1.165) is 19.3 Å². The van der Waals surface area contributed by atoms with Crippen molar-refractivity contribution in [2.75, 3.05) is 6.61 Å². The average Bonchev–Trinajstić information content (AvgIpc) is 3.08. The fourth-order valence-electron chi connectivity index (χ4n) is 3.17. The van der Waals surface area contributed by atoms with Gasteiger partial charge in [0.15, 0.2) is 0 Å². The molecule has 0 aliphatic heterocycles. The van der Waals surface area contributed by atoms with Crippen molar-refractivity contribution in [2.24, 2.45) is 0 Å². The number of fused-ring (bicyclic) bond motifs is 5. The van der Waals surface area contributed by atoms with Gasteiger partial charge in [0, 0.05) is 11.1 Å². The molecule has 10 heteroatoms. The maximum Gasteiger partial charge on any atom is 0.404 e. The van der Waals surface area contributed by atoms with Crippen molar-refractivity contribution in [2.45, 2.75) is 36.4 Å². The van der Waals surface area contributed by atoms with E-state index in [1.807, 2.05) is 0 Å². The second kappa shape index (κ2) is 4.23. The van der Waals surface area contributed by atoms with Gasteiger partial charge >= 0.3 is 15.4 Å². The van der Waals surface area contributed by atoms with Crippen molar-refractivity contribution >= 4 is 10.1 Å². The number of halogens is 2. The van der Waals surface area contributed by atoms with E-state index in [4.69, 9.17) is 5.11 Å². The summed E-state index contributed by atoms with van der Waals surface area (Å²) >= 11 is 0. The van der Waals surface area contributed by atoms with E-state index in [1.54, 1.807) is 0 Å². The minimum atomic E-state index is -5.55. The van der Waals surface area contributed by atoms with Crippen LogP contribution in [0.1, 0.15) is 42.2 Å². The molecule has 118 valence electrons. The molecule has 0 spiro atoms. The summed E-state index contributed by atoms with van der Waals surface area (Å²) in [7, 11) is -5.55. The molecule has 1 fully saturated rings. The average molecular weight is 325 g/mol. The van der Waals surface area contributed by atoms with Gasteiger partial charge in [0.2, 0.25) is 11.8 Å². The van der Waals surface area contributed by atoms with Crippen molar-refractivity contribution in [3.63, 3.8) is 0 Å². The number of nitrogens with zero attached hydrogens (tertiary/aromatic N) is 1. The highest BCUT2D eigenvalue weighted by Crippen LogP contribution is 2.59. The van der Waals surface area contributed by atoms with E-state index in [1.165, 1.54) is 0 Å². The first kappa shape index (κ1) is 14.4. The summed E-state index contributed by atoms with van der Waals surface area (Å²) in [6, 6.07) is 0. The third kappa shape index (κ3) is 1.81. The second-order valence-corrected chi connectivity index (χ2v) is 6.95. The number of rotatable bonds is 4. The normalized spacial score (nSPS) is 24.3. The van der Waals surface area contributed by atoms with Crippen LogP contribution in [-0.2, 0) is 10.1 Å². The van der Waals surface area contributed by atoms with Crippen LogP contribution in [0, 0.1) is 0 Å². The van der Waals surface area contributed by atoms with E-state index in [-0.39, 0.29) is 16.6 Å². The smallest absolute Gasteiger partial charge is 0.404 e. The Morgan fingerprint density at radius 3 is 2.10 bits per heavy atom. The second-order valence-electron chi connectivity index (χ2n) is 5.30. The SMILES string of the molecule is O=S(=O)(On1c(O)c2c(c1O)C1CCC2C1)C(F)(F)CO. The molecule has 0 amide bonds. The van der Waals surface area contributed by atoms with Gasteiger partial charge in [-0.1, -0.05) is 4.73 Å². The summed E-state index contributed by atoms with van der Waals surface area (Å²) < 4.78 is 53.2. The molecule has 2 unspecified atom stereocenters. The first-order valence-electron chi connectivity index (χ1n) is 6.29. The van der Waals surface area contributed by atoms with E-state index >= 15 is 0 Å². The maximum atomic E-state index is 13.1. The molecule has 7 nitrogen and oxygen atoms in total. The molecule has 1 saturated carbocycles. The first-order chi connectivity index (χ1) is 9.69. The molecule has 3 rings (SSSR count). The number of alkyl halides is 2. The zero-order valence-electron chi connectivity index (χ0n) is 10.7. The fourth-order valence-corrected chi connectivity index (χ4v) is 3.78. The molecule has 2 bridgehead atoms. The third-order valence-corrected chi connectivity index (χ3v) is 5.33. The Kier molecular flexibility index (Phi) is 2.90. The number of aromatic nitrogens is 1. The van der Waals surface area contributed by atoms with Crippen LogP contribution in [0.25, 0.3) is 0 Å². The molecule has 21 heavy (non-hydrogen) atoms. The summed E-state index contributed by atoms with van der Waals surface area (Å²) in [6.45, 7) is -1.97. The predicted octanol–water partition coefficient (Wildman–Crippen LogP) is 0.607. The Hall–Kier alpha value is -1.55. The summed E-state index contributed by atoms with van der Waals surface area (Å²) in [5.41, 5.74) is 0.706. The molecule has 2 aliphatic carbocycles. The number of hydrogen-bond donors (Lipinski definition) is 3. The van der Waals surface area contributed by atoms with Crippen molar-refractivity contribution in [1.82, 2.24) is 4.73 Å². The number of hydrogen-bond acceptors (Lipinski definition) is 6. The largest absolute Gasteiger partial charge is 0.492 e. The molecule has 0 saturated heterocycles. The lowest BCUT2D eigenvalue weighted by Crippen LogP contribution is -2.39. The summed E-state index contributed by atoms with van der Waals surface area (Å²) in [6.07, 6.45) is 2.27. The minimum Gasteiger partial charge on any atom is -0.492 e. The number of aromatic hydroxyl groups is 2. The van der Waals surface area contributed by atoms with E-state index in [0.29, 0.717) is 11.1 Å². The Bertz CT molecular complexity index is 665. The lowest BCUT2D eigenvalue weighted by molar-refractivity contribution is 0.0120. The van der Waals surface area contributed by atoms with E-state index in [9.17, 15) is 27.4 Å². The predicted molar refractivity (Wildman–Crippen MR) is 64.6 cm³/mol. The zero-order valence-corrected chi connectivity index (χ0v) is 11.5. The molecule has 1 aromatic heterocycles. The molecular formula is C11H13F2NO6S. The minimum absolute atomic E-state index is 0.0400. The molecule has 0 aromatic carbocycles. The molecule has 1 aromatic rings. The van der Waals surface area contributed by atoms with Crippen LogP contribution in [0.5, 0.6) is 11.8 Å². The standard InChI is InChI=1S/C11H13F2NO6S/c12-11(13,4-15)21(18,19)20-14-9(16)7-5-1-2-6(3-5)8(7)10(14)17/h5-6,15-17H,1-4H2. The van der Waals surface area contributed by atoms with Crippen molar-refractivity contribution < 1.29 is 36.8 Å². The quantitative estimate of drug-likeness (QED) is 0.748. The molecule has 2 aliphatic rings. The zero-order chi connectivity index (χ0) is 15.6. The lowest BCUT2D eigenvalue weighted by atomic mass is 9.95. The molecule has 2 atom stereocenters. The monoisotopic (exact) mass is 325 g/mol. The summed E-state index contributed by atoms with van der Waals surface area (Å²) in [5.74, 6) is -1.46. The topological polar surface area (TPSA) is 109 Å². The van der Waals surface area contributed by atoms with Crippen LogP contribution in [-0.4, -0.2) is 40.3 Å².